The van der Waals surface area contributed by atoms with Gasteiger partial charge in [-0.3, -0.25) is 0 Å². The van der Waals surface area contributed by atoms with E-state index in [1.807, 2.05) is 16.3 Å². The number of thiophene rings is 1. The summed E-state index contributed by atoms with van der Waals surface area (Å²) >= 11 is 7.76. The number of carbonyl (C=O) groups excluding carboxylic acids is 1. The van der Waals surface area contributed by atoms with Crippen LogP contribution in [0.25, 0.3) is 10.9 Å². The van der Waals surface area contributed by atoms with E-state index in [2.05, 4.69) is 26.7 Å². The van der Waals surface area contributed by atoms with Crippen molar-refractivity contribution in [3.63, 3.8) is 0 Å². The molecular weight excluding hydrogens is 400 g/mol. The molecule has 0 aliphatic carbocycles. The molecule has 0 radical (unpaired) electrons. The van der Waals surface area contributed by atoms with Crippen molar-refractivity contribution < 1.29 is 9.53 Å². The summed E-state index contributed by atoms with van der Waals surface area (Å²) < 4.78 is 5.35. The molecule has 8 nitrogen and oxygen atoms in total. The Hall–Kier alpha value is -2.65. The Morgan fingerprint density at radius 1 is 1.46 bits per heavy atom. The fourth-order valence-corrected chi connectivity index (χ4v) is 3.87. The van der Waals surface area contributed by atoms with Gasteiger partial charge in [-0.25, -0.2) is 14.8 Å². The summed E-state index contributed by atoms with van der Waals surface area (Å²) in [6, 6.07) is 5.85. The highest BCUT2D eigenvalue weighted by molar-refractivity contribution is 7.09. The highest BCUT2D eigenvalue weighted by atomic mass is 35.5. The molecular formula is C18H19ClN6O2S. The zero-order chi connectivity index (χ0) is 19.5. The lowest BCUT2D eigenvalue weighted by Gasteiger charge is -2.18. The summed E-state index contributed by atoms with van der Waals surface area (Å²) in [6.45, 7) is 1.91. The van der Waals surface area contributed by atoms with Gasteiger partial charge in [-0.1, -0.05) is 17.7 Å². The van der Waals surface area contributed by atoms with Crippen molar-refractivity contribution in [2.45, 2.75) is 19.1 Å². The predicted octanol–water partition coefficient (Wildman–Crippen LogP) is 3.29. The van der Waals surface area contributed by atoms with Gasteiger partial charge in [-0.2, -0.15) is 4.98 Å². The molecule has 3 aromatic rings. The van der Waals surface area contributed by atoms with Gasteiger partial charge < -0.3 is 20.3 Å². The molecule has 28 heavy (non-hydrogen) atoms. The lowest BCUT2D eigenvalue weighted by Crippen LogP contribution is -2.29. The van der Waals surface area contributed by atoms with E-state index in [-0.39, 0.29) is 6.10 Å². The van der Waals surface area contributed by atoms with Crippen LogP contribution in [0.5, 0.6) is 0 Å². The third-order valence-corrected chi connectivity index (χ3v) is 5.54. The van der Waals surface area contributed by atoms with E-state index in [0.29, 0.717) is 42.1 Å². The number of hydrogen-bond donors (Lipinski definition) is 2. The van der Waals surface area contributed by atoms with Crippen molar-refractivity contribution >= 4 is 51.7 Å². The minimum absolute atomic E-state index is 0.190. The Kier molecular flexibility index (Phi) is 5.45. The van der Waals surface area contributed by atoms with Crippen LogP contribution in [0, 0.1) is 0 Å². The molecule has 2 N–H and O–H groups in total. The van der Waals surface area contributed by atoms with Crippen molar-refractivity contribution in [1.29, 1.82) is 0 Å². The Bertz CT molecular complexity index is 984. The van der Waals surface area contributed by atoms with E-state index in [1.165, 1.54) is 4.88 Å². The summed E-state index contributed by atoms with van der Waals surface area (Å²) in [5.41, 5.74) is 0.707. The van der Waals surface area contributed by atoms with Crippen LogP contribution in [-0.4, -0.2) is 47.3 Å². The molecule has 1 aliphatic rings. The quantitative estimate of drug-likeness (QED) is 0.614. The highest BCUT2D eigenvalue weighted by Crippen LogP contribution is 2.28. The first-order valence-electron chi connectivity index (χ1n) is 8.85. The molecule has 1 fully saturated rings. The van der Waals surface area contributed by atoms with Gasteiger partial charge in [0.25, 0.3) is 0 Å². The molecule has 1 unspecified atom stereocenters. The predicted molar refractivity (Wildman–Crippen MR) is 110 cm³/mol. The van der Waals surface area contributed by atoms with Gasteiger partial charge in [0.15, 0.2) is 0 Å². The van der Waals surface area contributed by atoms with Gasteiger partial charge in [-0.05, 0) is 17.5 Å². The second kappa shape index (κ2) is 8.15. The molecule has 4 rings (SSSR count). The Labute approximate surface area is 170 Å². The van der Waals surface area contributed by atoms with Crippen LogP contribution in [0.3, 0.4) is 0 Å². The maximum absolute atomic E-state index is 11.5. The maximum atomic E-state index is 11.5. The monoisotopic (exact) mass is 418 g/mol. The van der Waals surface area contributed by atoms with Gasteiger partial charge in [0.2, 0.25) is 5.95 Å². The zero-order valence-electron chi connectivity index (χ0n) is 15.2. The molecule has 1 aliphatic heterocycles. The Morgan fingerprint density at radius 3 is 3.14 bits per heavy atom. The molecule has 10 heteroatoms. The van der Waals surface area contributed by atoms with E-state index in [1.54, 1.807) is 30.6 Å². The SMILES string of the molecule is CNC(=O)OC1CCN(c2nc(NCc3cccs3)c3cc(Cl)ncc3n2)C1. The first-order chi connectivity index (χ1) is 13.6. The number of amides is 1. The van der Waals surface area contributed by atoms with Gasteiger partial charge in [0.05, 0.1) is 24.8 Å². The van der Waals surface area contributed by atoms with Gasteiger partial charge in [0, 0.05) is 30.3 Å². The van der Waals surface area contributed by atoms with Crippen LogP contribution in [0.2, 0.25) is 5.15 Å². The minimum Gasteiger partial charge on any atom is -0.444 e. The van der Waals surface area contributed by atoms with Crippen LogP contribution in [0.15, 0.2) is 29.8 Å². The van der Waals surface area contributed by atoms with Crippen molar-refractivity contribution in [3.05, 3.63) is 39.8 Å². The molecule has 1 atom stereocenters. The fourth-order valence-electron chi connectivity index (χ4n) is 3.07. The molecule has 0 bridgehead atoms. The Balaban J connectivity index is 1.60. The molecule has 3 aromatic heterocycles. The van der Waals surface area contributed by atoms with Crippen LogP contribution in [0.4, 0.5) is 16.6 Å². The number of carbonyl (C=O) groups is 1. The summed E-state index contributed by atoms with van der Waals surface area (Å²) in [6.07, 6.45) is 1.76. The highest BCUT2D eigenvalue weighted by Gasteiger charge is 2.28. The molecule has 1 amide bonds. The average Bonchev–Trinajstić information content (AvgIpc) is 3.38. The maximum Gasteiger partial charge on any atom is 0.407 e. The molecule has 0 saturated carbocycles. The number of fused-ring (bicyclic) bond motifs is 1. The third kappa shape index (κ3) is 4.10. The largest absolute Gasteiger partial charge is 0.444 e. The van der Waals surface area contributed by atoms with Gasteiger partial charge >= 0.3 is 6.09 Å². The number of pyridine rings is 1. The zero-order valence-corrected chi connectivity index (χ0v) is 16.8. The lowest BCUT2D eigenvalue weighted by molar-refractivity contribution is 0.110. The van der Waals surface area contributed by atoms with Crippen molar-refractivity contribution in [2.75, 3.05) is 30.4 Å². The topological polar surface area (TPSA) is 92.3 Å². The second-order valence-electron chi connectivity index (χ2n) is 6.34. The summed E-state index contributed by atoms with van der Waals surface area (Å²) in [7, 11) is 1.55. The number of nitrogens with zero attached hydrogens (tertiary/aromatic N) is 4. The number of hydrogen-bond acceptors (Lipinski definition) is 8. The molecule has 4 heterocycles. The van der Waals surface area contributed by atoms with Crippen LogP contribution >= 0.6 is 22.9 Å². The third-order valence-electron chi connectivity index (χ3n) is 4.45. The number of ether oxygens (including phenoxy) is 1. The van der Waals surface area contributed by atoms with Crippen LogP contribution in [0.1, 0.15) is 11.3 Å². The minimum atomic E-state index is -0.427. The fraction of sp³-hybridized carbons (Fsp3) is 0.333. The summed E-state index contributed by atoms with van der Waals surface area (Å²) in [5.74, 6) is 1.28. The molecule has 0 spiro atoms. The number of aromatic nitrogens is 3. The lowest BCUT2D eigenvalue weighted by atomic mass is 10.3. The molecule has 1 saturated heterocycles. The summed E-state index contributed by atoms with van der Waals surface area (Å²) in [5, 5.41) is 9.11. The first-order valence-corrected chi connectivity index (χ1v) is 10.1. The average molecular weight is 419 g/mol. The van der Waals surface area contributed by atoms with E-state index < -0.39 is 6.09 Å². The molecule has 0 aromatic carbocycles. The van der Waals surface area contributed by atoms with Crippen molar-refractivity contribution in [2.24, 2.45) is 0 Å². The van der Waals surface area contributed by atoms with E-state index in [9.17, 15) is 4.79 Å². The number of rotatable bonds is 5. The smallest absolute Gasteiger partial charge is 0.407 e. The molecule has 146 valence electrons. The number of nitrogens with one attached hydrogen (secondary N) is 2. The van der Waals surface area contributed by atoms with Crippen molar-refractivity contribution in [1.82, 2.24) is 20.3 Å². The second-order valence-corrected chi connectivity index (χ2v) is 7.76. The van der Waals surface area contributed by atoms with Crippen LogP contribution in [-0.2, 0) is 11.3 Å². The van der Waals surface area contributed by atoms with Crippen LogP contribution < -0.4 is 15.5 Å². The van der Waals surface area contributed by atoms with E-state index in [4.69, 9.17) is 21.3 Å². The van der Waals surface area contributed by atoms with Gasteiger partial charge in [-0.15, -0.1) is 11.3 Å². The summed E-state index contributed by atoms with van der Waals surface area (Å²) in [4.78, 5) is 28.2. The number of alkyl carbamates (subject to hydrolysis) is 1. The van der Waals surface area contributed by atoms with Gasteiger partial charge in [0.1, 0.15) is 17.1 Å². The Morgan fingerprint density at radius 2 is 2.36 bits per heavy atom. The first kappa shape index (κ1) is 18.7. The number of halogens is 1. The standard InChI is InChI=1S/C18H19ClN6O2S/c1-20-18(26)27-11-4-5-25(10-11)17-23-14-9-21-15(19)7-13(14)16(24-17)22-8-12-3-2-6-28-12/h2-3,6-7,9,11H,4-5,8,10H2,1H3,(H,20,26)(H,22,23,24). The van der Waals surface area contributed by atoms with E-state index in [0.717, 1.165) is 11.8 Å². The number of anilines is 2. The van der Waals surface area contributed by atoms with Crippen molar-refractivity contribution in [3.8, 4) is 0 Å². The normalized spacial score (nSPS) is 16.4. The van der Waals surface area contributed by atoms with E-state index >= 15 is 0 Å².